The molecule has 0 unspecified atom stereocenters. The maximum absolute atomic E-state index is 12.0. The molecular weight excluding hydrogens is 280 g/mol. The fraction of sp³-hybridized carbons (Fsp3) is 0.154. The van der Waals surface area contributed by atoms with Crippen molar-refractivity contribution in [3.8, 4) is 0 Å². The van der Waals surface area contributed by atoms with Crippen molar-refractivity contribution >= 4 is 27.5 Å². The van der Waals surface area contributed by atoms with E-state index in [0.29, 0.717) is 0 Å². The van der Waals surface area contributed by atoms with Crippen molar-refractivity contribution in [2.24, 2.45) is 0 Å². The maximum atomic E-state index is 12.0. The van der Waals surface area contributed by atoms with E-state index in [-0.39, 0.29) is 23.0 Å². The summed E-state index contributed by atoms with van der Waals surface area (Å²) in [6, 6.07) is 5.69. The molecule has 2 aromatic heterocycles. The molecule has 0 aliphatic heterocycles. The Morgan fingerprint density at radius 2 is 2.30 bits per heavy atom. The van der Waals surface area contributed by atoms with Crippen LogP contribution >= 0.6 is 11.3 Å². The Labute approximate surface area is 116 Å². The molecule has 1 aromatic carbocycles. The lowest BCUT2D eigenvalue weighted by Gasteiger charge is -2.02. The Kier molecular flexibility index (Phi) is 2.90. The molecule has 0 saturated carbocycles. The number of thiazole rings is 1. The summed E-state index contributed by atoms with van der Waals surface area (Å²) in [7, 11) is 0. The summed E-state index contributed by atoms with van der Waals surface area (Å²) < 4.78 is 7.53. The van der Waals surface area contributed by atoms with E-state index in [0.717, 1.165) is 33.4 Å². The maximum Gasteiger partial charge on any atom is 0.357 e. The van der Waals surface area contributed by atoms with Crippen molar-refractivity contribution in [2.45, 2.75) is 13.5 Å². The van der Waals surface area contributed by atoms with Crippen LogP contribution in [0.4, 0.5) is 0 Å². The quantitative estimate of drug-likeness (QED) is 0.798. The summed E-state index contributed by atoms with van der Waals surface area (Å²) >= 11 is 1.15. The van der Waals surface area contributed by atoms with Crippen LogP contribution in [-0.4, -0.2) is 20.6 Å². The Bertz CT molecular complexity index is 859. The number of nitrogens with zero attached hydrogens (tertiary/aromatic N) is 2. The molecule has 20 heavy (non-hydrogen) atoms. The van der Waals surface area contributed by atoms with Gasteiger partial charge in [-0.25, -0.2) is 9.78 Å². The molecule has 0 saturated heterocycles. The molecule has 3 aromatic rings. The van der Waals surface area contributed by atoms with Crippen molar-refractivity contribution in [1.82, 2.24) is 9.55 Å². The number of aryl methyl sites for hydroxylation is 1. The van der Waals surface area contributed by atoms with Gasteiger partial charge in [0.2, 0.25) is 5.89 Å². The third kappa shape index (κ3) is 2.01. The number of rotatable bonds is 3. The van der Waals surface area contributed by atoms with E-state index in [9.17, 15) is 9.59 Å². The van der Waals surface area contributed by atoms with E-state index in [2.05, 4.69) is 4.98 Å². The second-order valence-corrected chi connectivity index (χ2v) is 5.30. The van der Waals surface area contributed by atoms with Crippen LogP contribution in [-0.2, 0) is 6.54 Å². The first-order valence-electron chi connectivity index (χ1n) is 5.83. The minimum Gasteiger partial charge on any atom is -0.476 e. The van der Waals surface area contributed by atoms with Gasteiger partial charge in [0, 0.05) is 0 Å². The second-order valence-electron chi connectivity index (χ2n) is 4.31. The first-order chi connectivity index (χ1) is 9.56. The van der Waals surface area contributed by atoms with Gasteiger partial charge in [-0.15, -0.1) is 0 Å². The molecule has 0 radical (unpaired) electrons. The second kappa shape index (κ2) is 4.61. The number of hydrogen-bond acceptors (Lipinski definition) is 5. The number of oxazole rings is 1. The molecule has 0 aliphatic rings. The largest absolute Gasteiger partial charge is 0.476 e. The summed E-state index contributed by atoms with van der Waals surface area (Å²) in [6.07, 6.45) is 1.07. The molecule has 0 aliphatic carbocycles. The Morgan fingerprint density at radius 3 is 3.00 bits per heavy atom. The Morgan fingerprint density at radius 1 is 1.50 bits per heavy atom. The zero-order valence-electron chi connectivity index (χ0n) is 10.5. The molecule has 0 amide bonds. The van der Waals surface area contributed by atoms with Gasteiger partial charge in [-0.2, -0.15) is 0 Å². The predicted molar refractivity (Wildman–Crippen MR) is 73.4 cm³/mol. The number of para-hydroxylation sites is 1. The third-order valence-electron chi connectivity index (χ3n) is 2.95. The summed E-state index contributed by atoms with van der Waals surface area (Å²) in [4.78, 5) is 26.5. The summed E-state index contributed by atoms with van der Waals surface area (Å²) in [6.45, 7) is 2.04. The molecule has 0 bridgehead atoms. The van der Waals surface area contributed by atoms with Gasteiger partial charge in [-0.3, -0.25) is 9.36 Å². The highest BCUT2D eigenvalue weighted by Gasteiger charge is 2.14. The number of carbonyl (C=O) groups is 1. The smallest absolute Gasteiger partial charge is 0.357 e. The normalized spacial score (nSPS) is 11.1. The molecule has 0 atom stereocenters. The van der Waals surface area contributed by atoms with E-state index in [1.54, 1.807) is 4.57 Å². The summed E-state index contributed by atoms with van der Waals surface area (Å²) in [5.74, 6) is -0.953. The van der Waals surface area contributed by atoms with Crippen molar-refractivity contribution in [1.29, 1.82) is 0 Å². The number of fused-ring (bicyclic) bond motifs is 1. The topological polar surface area (TPSA) is 85.3 Å². The summed E-state index contributed by atoms with van der Waals surface area (Å²) in [5, 5.41) is 8.81. The highest BCUT2D eigenvalue weighted by Crippen LogP contribution is 2.21. The monoisotopic (exact) mass is 290 g/mol. The van der Waals surface area contributed by atoms with Crippen molar-refractivity contribution in [3.63, 3.8) is 0 Å². The first-order valence-corrected chi connectivity index (χ1v) is 6.64. The lowest BCUT2D eigenvalue weighted by atomic mass is 10.2. The van der Waals surface area contributed by atoms with Crippen LogP contribution in [0.1, 0.15) is 21.9 Å². The van der Waals surface area contributed by atoms with Crippen LogP contribution in [0.3, 0.4) is 0 Å². The van der Waals surface area contributed by atoms with E-state index >= 15 is 0 Å². The van der Waals surface area contributed by atoms with E-state index in [1.165, 1.54) is 0 Å². The van der Waals surface area contributed by atoms with Crippen molar-refractivity contribution in [2.75, 3.05) is 0 Å². The highest BCUT2D eigenvalue weighted by atomic mass is 32.1. The van der Waals surface area contributed by atoms with Gasteiger partial charge in [0.05, 0.1) is 10.2 Å². The van der Waals surface area contributed by atoms with E-state index in [1.807, 2.05) is 25.1 Å². The van der Waals surface area contributed by atoms with Gasteiger partial charge in [-0.1, -0.05) is 23.5 Å². The summed E-state index contributed by atoms with van der Waals surface area (Å²) in [5.41, 5.74) is 1.65. The lowest BCUT2D eigenvalue weighted by Crippen LogP contribution is -2.14. The number of benzene rings is 1. The molecule has 6 nitrogen and oxygen atoms in total. The van der Waals surface area contributed by atoms with Crippen LogP contribution in [0.2, 0.25) is 0 Å². The van der Waals surface area contributed by atoms with Gasteiger partial charge in [0.1, 0.15) is 12.8 Å². The minimum atomic E-state index is -1.15. The molecule has 1 N–H and O–H groups in total. The highest BCUT2D eigenvalue weighted by molar-refractivity contribution is 7.16. The first kappa shape index (κ1) is 12.6. The number of aromatic carboxylic acids is 1. The number of aromatic nitrogens is 2. The van der Waals surface area contributed by atoms with Gasteiger partial charge in [0.25, 0.3) is 0 Å². The van der Waals surface area contributed by atoms with E-state index < -0.39 is 5.97 Å². The van der Waals surface area contributed by atoms with Crippen LogP contribution in [0, 0.1) is 6.92 Å². The van der Waals surface area contributed by atoms with Crippen LogP contribution in [0.5, 0.6) is 0 Å². The third-order valence-corrected chi connectivity index (χ3v) is 3.90. The zero-order valence-corrected chi connectivity index (χ0v) is 11.3. The van der Waals surface area contributed by atoms with E-state index in [4.69, 9.17) is 9.52 Å². The number of carboxylic acids is 1. The fourth-order valence-electron chi connectivity index (χ4n) is 2.06. The fourth-order valence-corrected chi connectivity index (χ4v) is 3.03. The van der Waals surface area contributed by atoms with Gasteiger partial charge >= 0.3 is 10.8 Å². The minimum absolute atomic E-state index is 0.121. The molecule has 0 fully saturated rings. The zero-order chi connectivity index (χ0) is 14.3. The van der Waals surface area contributed by atoms with Crippen LogP contribution in [0.25, 0.3) is 10.2 Å². The molecule has 0 spiro atoms. The number of carboxylic acid groups (broad SMARTS) is 1. The Balaban J connectivity index is 2.08. The molecular formula is C13H10N2O4S. The van der Waals surface area contributed by atoms with Crippen LogP contribution in [0.15, 0.2) is 33.7 Å². The predicted octanol–water partition coefficient (Wildman–Crippen LogP) is 2.11. The van der Waals surface area contributed by atoms with Gasteiger partial charge < -0.3 is 9.52 Å². The average molecular weight is 290 g/mol. The SMILES string of the molecule is Cc1cccc2sc(=O)n(Cc3nc(C(=O)O)co3)c12. The number of hydrogen-bond donors (Lipinski definition) is 1. The van der Waals surface area contributed by atoms with Gasteiger partial charge in [-0.05, 0) is 18.6 Å². The standard InChI is InChI=1S/C13H10N2O4S/c1-7-3-2-4-9-11(7)15(13(18)20-9)5-10-14-8(6-19-10)12(16)17/h2-4,6H,5H2,1H3,(H,16,17). The Hall–Kier alpha value is -2.41. The van der Waals surface area contributed by atoms with Gasteiger partial charge in [0.15, 0.2) is 5.69 Å². The van der Waals surface area contributed by atoms with Crippen molar-refractivity contribution in [3.05, 3.63) is 51.3 Å². The lowest BCUT2D eigenvalue weighted by molar-refractivity contribution is 0.0690. The molecule has 102 valence electrons. The molecule has 3 rings (SSSR count). The van der Waals surface area contributed by atoms with Crippen molar-refractivity contribution < 1.29 is 14.3 Å². The van der Waals surface area contributed by atoms with Crippen LogP contribution < -0.4 is 4.87 Å². The molecule has 7 heteroatoms. The molecule has 2 heterocycles. The average Bonchev–Trinajstić information content (AvgIpc) is 2.97.